The highest BCUT2D eigenvalue weighted by molar-refractivity contribution is 7.80. The molecule has 2 heterocycles. The molecule has 1 aliphatic heterocycles. The molecular weight excluding hydrogens is 394 g/mol. The molecule has 2 aromatic rings. The predicted molar refractivity (Wildman–Crippen MR) is 113 cm³/mol. The fourth-order valence-electron chi connectivity index (χ4n) is 3.02. The summed E-state index contributed by atoms with van der Waals surface area (Å²) in [7, 11) is 4.36. The van der Waals surface area contributed by atoms with Crippen molar-refractivity contribution < 1.29 is 19.0 Å². The third kappa shape index (κ3) is 4.65. The summed E-state index contributed by atoms with van der Waals surface area (Å²) in [5, 5.41) is 3.66. The first kappa shape index (κ1) is 20.6. The van der Waals surface area contributed by atoms with Gasteiger partial charge in [0.15, 0.2) is 16.6 Å². The number of ether oxygens (including phenoxy) is 3. The van der Waals surface area contributed by atoms with Crippen molar-refractivity contribution in [3.63, 3.8) is 0 Å². The summed E-state index contributed by atoms with van der Waals surface area (Å²) >= 11 is 5.58. The number of thiocarbonyl (C=S) groups is 1. The number of piperazine rings is 1. The van der Waals surface area contributed by atoms with E-state index in [1.54, 1.807) is 30.6 Å². The molecule has 1 fully saturated rings. The van der Waals surface area contributed by atoms with Crippen molar-refractivity contribution in [2.75, 3.05) is 57.7 Å². The first-order valence-corrected chi connectivity index (χ1v) is 9.40. The lowest BCUT2D eigenvalue weighted by Crippen LogP contribution is -2.50. The van der Waals surface area contributed by atoms with Gasteiger partial charge in [-0.05, 0) is 18.3 Å². The van der Waals surface area contributed by atoms with Crippen molar-refractivity contribution >= 4 is 34.9 Å². The van der Waals surface area contributed by atoms with Crippen molar-refractivity contribution in [2.24, 2.45) is 0 Å². The van der Waals surface area contributed by atoms with Gasteiger partial charge in [0.1, 0.15) is 0 Å². The Labute approximate surface area is 174 Å². The van der Waals surface area contributed by atoms with E-state index in [9.17, 15) is 4.79 Å². The summed E-state index contributed by atoms with van der Waals surface area (Å²) in [6.45, 7) is 2.87. The van der Waals surface area contributed by atoms with Gasteiger partial charge in [-0.15, -0.1) is 0 Å². The van der Waals surface area contributed by atoms with Crippen LogP contribution in [-0.2, 0) is 4.74 Å². The number of hydrogen-bond donors (Lipinski definition) is 1. The lowest BCUT2D eigenvalue weighted by atomic mass is 10.1. The number of anilines is 2. The molecule has 0 radical (unpaired) electrons. The fraction of sp³-hybridized carbons (Fsp3) is 0.368. The molecule has 0 aliphatic carbocycles. The maximum atomic E-state index is 12.2. The number of methoxy groups -OCH3 is 3. The average molecular weight is 417 g/mol. The van der Waals surface area contributed by atoms with Crippen LogP contribution in [0, 0.1) is 0 Å². The lowest BCUT2D eigenvalue weighted by molar-refractivity contribution is 0.0601. The topological polar surface area (TPSA) is 89.1 Å². The van der Waals surface area contributed by atoms with Gasteiger partial charge in [-0.3, -0.25) is 0 Å². The third-order valence-corrected chi connectivity index (χ3v) is 4.93. The van der Waals surface area contributed by atoms with Crippen LogP contribution in [0.25, 0.3) is 0 Å². The third-order valence-electron chi connectivity index (χ3n) is 4.57. The average Bonchev–Trinajstić information content (AvgIpc) is 2.78. The van der Waals surface area contributed by atoms with Crippen molar-refractivity contribution in [3.8, 4) is 11.5 Å². The summed E-state index contributed by atoms with van der Waals surface area (Å²) in [5.74, 6) is 1.12. The monoisotopic (exact) mass is 417 g/mol. The molecule has 10 heteroatoms. The zero-order chi connectivity index (χ0) is 20.8. The largest absolute Gasteiger partial charge is 0.493 e. The Morgan fingerprint density at radius 2 is 1.66 bits per heavy atom. The van der Waals surface area contributed by atoms with Gasteiger partial charge in [0.2, 0.25) is 5.95 Å². The van der Waals surface area contributed by atoms with E-state index in [-0.39, 0.29) is 0 Å². The van der Waals surface area contributed by atoms with E-state index in [1.807, 2.05) is 4.90 Å². The van der Waals surface area contributed by atoms with Gasteiger partial charge in [0, 0.05) is 50.7 Å². The smallest absolute Gasteiger partial charge is 0.340 e. The Hall–Kier alpha value is -3.14. The van der Waals surface area contributed by atoms with Crippen molar-refractivity contribution in [3.05, 3.63) is 36.2 Å². The number of hydrogen-bond acceptors (Lipinski definition) is 8. The number of carbonyl (C=O) groups is 1. The minimum absolute atomic E-state index is 0.309. The summed E-state index contributed by atoms with van der Waals surface area (Å²) in [4.78, 5) is 24.9. The molecule has 0 atom stereocenters. The number of nitrogens with one attached hydrogen (secondary N) is 1. The second-order valence-electron chi connectivity index (χ2n) is 6.20. The van der Waals surface area contributed by atoms with Crippen molar-refractivity contribution in [1.82, 2.24) is 14.9 Å². The number of nitrogens with zero attached hydrogens (tertiary/aromatic N) is 4. The molecule has 0 spiro atoms. The number of benzene rings is 1. The van der Waals surface area contributed by atoms with E-state index in [0.717, 1.165) is 13.1 Å². The molecule has 0 unspecified atom stereocenters. The van der Waals surface area contributed by atoms with Crippen molar-refractivity contribution in [1.29, 1.82) is 0 Å². The van der Waals surface area contributed by atoms with Crippen LogP contribution in [0.2, 0.25) is 0 Å². The van der Waals surface area contributed by atoms with Gasteiger partial charge < -0.3 is 29.3 Å². The van der Waals surface area contributed by atoms with Crippen molar-refractivity contribution in [2.45, 2.75) is 0 Å². The summed E-state index contributed by atoms with van der Waals surface area (Å²) in [6, 6.07) is 5.03. The molecule has 1 aliphatic rings. The highest BCUT2D eigenvalue weighted by Gasteiger charge is 2.23. The van der Waals surface area contributed by atoms with E-state index >= 15 is 0 Å². The Morgan fingerprint density at radius 3 is 2.24 bits per heavy atom. The molecule has 1 saturated heterocycles. The van der Waals surface area contributed by atoms with Crippen LogP contribution in [0.4, 0.5) is 11.6 Å². The predicted octanol–water partition coefficient (Wildman–Crippen LogP) is 1.80. The first-order valence-electron chi connectivity index (χ1n) is 8.99. The second-order valence-corrected chi connectivity index (χ2v) is 6.58. The van der Waals surface area contributed by atoms with Crippen LogP contribution in [0.1, 0.15) is 10.4 Å². The normalized spacial score (nSPS) is 13.6. The van der Waals surface area contributed by atoms with Gasteiger partial charge in [-0.1, -0.05) is 0 Å². The molecule has 29 heavy (non-hydrogen) atoms. The summed E-state index contributed by atoms with van der Waals surface area (Å²) < 4.78 is 15.5. The van der Waals surface area contributed by atoms with Crippen LogP contribution < -0.4 is 19.7 Å². The molecule has 0 bridgehead atoms. The lowest BCUT2D eigenvalue weighted by Gasteiger charge is -2.36. The molecule has 1 aromatic heterocycles. The van der Waals surface area contributed by atoms with Gasteiger partial charge in [-0.25, -0.2) is 14.8 Å². The first-order chi connectivity index (χ1) is 14.1. The molecule has 1 aromatic carbocycles. The molecule has 3 rings (SSSR count). The zero-order valence-electron chi connectivity index (χ0n) is 16.5. The number of aromatic nitrogens is 2. The Bertz CT molecular complexity index is 872. The molecular formula is C19H23N5O4S. The molecule has 0 amide bonds. The van der Waals surface area contributed by atoms with Crippen LogP contribution in [0.3, 0.4) is 0 Å². The zero-order valence-corrected chi connectivity index (χ0v) is 17.4. The van der Waals surface area contributed by atoms with Gasteiger partial charge in [-0.2, -0.15) is 0 Å². The number of rotatable bonds is 5. The molecule has 0 saturated carbocycles. The van der Waals surface area contributed by atoms with Crippen LogP contribution in [-0.4, -0.2) is 73.5 Å². The van der Waals surface area contributed by atoms with E-state index in [4.69, 9.17) is 26.4 Å². The van der Waals surface area contributed by atoms with E-state index in [2.05, 4.69) is 20.2 Å². The standard InChI is InChI=1S/C19H23N5O4S/c1-26-15-11-13(17(25)28-3)14(12-16(15)27-2)22-19(29)24-9-7-23(8-10-24)18-20-5-4-6-21-18/h4-6,11-12H,7-10H2,1-3H3,(H,22,29). The van der Waals surface area contributed by atoms with E-state index in [0.29, 0.717) is 46.9 Å². The van der Waals surface area contributed by atoms with Crippen LogP contribution >= 0.6 is 12.2 Å². The van der Waals surface area contributed by atoms with Crippen LogP contribution in [0.15, 0.2) is 30.6 Å². The van der Waals surface area contributed by atoms with Gasteiger partial charge in [0.05, 0.1) is 32.6 Å². The summed E-state index contributed by atoms with van der Waals surface area (Å²) in [6.07, 6.45) is 3.46. The SMILES string of the molecule is COC(=O)c1cc(OC)c(OC)cc1NC(=S)N1CCN(c2ncccn2)CC1. The van der Waals surface area contributed by atoms with E-state index < -0.39 is 5.97 Å². The highest BCUT2D eigenvalue weighted by atomic mass is 32.1. The van der Waals surface area contributed by atoms with E-state index in [1.165, 1.54) is 21.3 Å². The molecule has 154 valence electrons. The maximum Gasteiger partial charge on any atom is 0.340 e. The number of carbonyl (C=O) groups excluding carboxylic acids is 1. The Kier molecular flexibility index (Phi) is 6.65. The van der Waals surface area contributed by atoms with Gasteiger partial charge in [0.25, 0.3) is 0 Å². The summed E-state index contributed by atoms with van der Waals surface area (Å²) in [5.41, 5.74) is 0.803. The fourth-order valence-corrected chi connectivity index (χ4v) is 3.31. The quantitative estimate of drug-likeness (QED) is 0.574. The minimum Gasteiger partial charge on any atom is -0.493 e. The Morgan fingerprint density at radius 1 is 1.03 bits per heavy atom. The van der Waals surface area contributed by atoms with Gasteiger partial charge >= 0.3 is 5.97 Å². The maximum absolute atomic E-state index is 12.2. The highest BCUT2D eigenvalue weighted by Crippen LogP contribution is 2.34. The molecule has 9 nitrogen and oxygen atoms in total. The molecule has 1 N–H and O–H groups in total. The Balaban J connectivity index is 1.72. The second kappa shape index (κ2) is 9.37. The van der Waals surface area contributed by atoms with Crippen LogP contribution in [0.5, 0.6) is 11.5 Å². The number of esters is 1. The minimum atomic E-state index is -0.498.